The zero-order valence-electron chi connectivity index (χ0n) is 22.3. The monoisotopic (exact) mass is 529 g/mol. The van der Waals surface area contributed by atoms with Crippen molar-refractivity contribution in [2.75, 3.05) is 24.2 Å². The number of carbonyl (C=O) groups is 2. The van der Waals surface area contributed by atoms with Crippen molar-refractivity contribution in [2.45, 2.75) is 71.0 Å². The van der Waals surface area contributed by atoms with Gasteiger partial charge in [-0.25, -0.2) is 8.42 Å². The van der Waals surface area contributed by atoms with Crippen molar-refractivity contribution in [3.8, 4) is 5.75 Å². The lowest BCUT2D eigenvalue weighted by Gasteiger charge is -2.34. The second kappa shape index (κ2) is 12.9. The standard InChI is InChI=1S/C28H39N3O5S/c1-5-26(28(33)29-23-12-7-6-8-13-23)30(19-22-11-9-10-21(2)18-22)27(32)20-31(37(4,34)35)24-14-16-25(36-3)17-15-24/h9-11,14-18,23,26H,5-8,12-13,19-20H2,1-4H3,(H,29,33)/t26-/m0/s1. The van der Waals surface area contributed by atoms with Crippen LogP contribution in [0, 0.1) is 6.92 Å². The van der Waals surface area contributed by atoms with Gasteiger partial charge in [-0.2, -0.15) is 0 Å². The first kappa shape index (κ1) is 28.5. The van der Waals surface area contributed by atoms with Crippen molar-refractivity contribution >= 4 is 27.5 Å². The summed E-state index contributed by atoms with van der Waals surface area (Å²) in [4.78, 5) is 28.7. The number of sulfonamides is 1. The van der Waals surface area contributed by atoms with Gasteiger partial charge >= 0.3 is 0 Å². The third kappa shape index (κ3) is 7.95. The van der Waals surface area contributed by atoms with Gasteiger partial charge in [0, 0.05) is 12.6 Å². The number of hydrogen-bond donors (Lipinski definition) is 1. The quantitative estimate of drug-likeness (QED) is 0.474. The highest BCUT2D eigenvalue weighted by molar-refractivity contribution is 7.92. The van der Waals surface area contributed by atoms with Gasteiger partial charge in [-0.3, -0.25) is 13.9 Å². The van der Waals surface area contributed by atoms with E-state index in [-0.39, 0.29) is 18.5 Å². The summed E-state index contributed by atoms with van der Waals surface area (Å²) in [5.41, 5.74) is 2.28. The maximum atomic E-state index is 13.8. The van der Waals surface area contributed by atoms with Gasteiger partial charge in [0.15, 0.2) is 0 Å². The Bertz CT molecular complexity index is 1160. The number of carbonyl (C=O) groups excluding carboxylic acids is 2. The molecule has 0 bridgehead atoms. The number of anilines is 1. The molecule has 0 heterocycles. The molecule has 0 aliphatic heterocycles. The molecule has 2 aromatic rings. The van der Waals surface area contributed by atoms with E-state index in [0.29, 0.717) is 17.9 Å². The molecule has 0 saturated heterocycles. The van der Waals surface area contributed by atoms with Crippen molar-refractivity contribution in [1.82, 2.24) is 10.2 Å². The molecule has 202 valence electrons. The van der Waals surface area contributed by atoms with Crippen LogP contribution >= 0.6 is 0 Å². The highest BCUT2D eigenvalue weighted by Crippen LogP contribution is 2.23. The summed E-state index contributed by atoms with van der Waals surface area (Å²) in [6, 6.07) is 13.7. The van der Waals surface area contributed by atoms with E-state index in [1.807, 2.05) is 38.1 Å². The van der Waals surface area contributed by atoms with Gasteiger partial charge in [-0.05, 0) is 56.0 Å². The molecule has 3 rings (SSSR count). The van der Waals surface area contributed by atoms with E-state index in [1.165, 1.54) is 18.4 Å². The summed E-state index contributed by atoms with van der Waals surface area (Å²) >= 11 is 0. The molecular formula is C28H39N3O5S. The average molecular weight is 530 g/mol. The normalized spacial score (nSPS) is 15.0. The van der Waals surface area contributed by atoms with Crippen molar-refractivity contribution in [2.24, 2.45) is 0 Å². The topological polar surface area (TPSA) is 96.0 Å². The van der Waals surface area contributed by atoms with Gasteiger partial charge in [-0.1, -0.05) is 56.0 Å². The highest BCUT2D eigenvalue weighted by Gasteiger charge is 2.32. The second-order valence-corrected chi connectivity index (χ2v) is 11.7. The Morgan fingerprint density at radius 1 is 1.08 bits per heavy atom. The van der Waals surface area contributed by atoms with Crippen LogP contribution in [-0.4, -0.2) is 57.1 Å². The smallest absolute Gasteiger partial charge is 0.244 e. The average Bonchev–Trinajstić information content (AvgIpc) is 2.87. The predicted molar refractivity (Wildman–Crippen MR) is 146 cm³/mol. The van der Waals surface area contributed by atoms with Crippen molar-refractivity contribution < 1.29 is 22.7 Å². The van der Waals surface area contributed by atoms with Crippen LogP contribution in [0.3, 0.4) is 0 Å². The Morgan fingerprint density at radius 3 is 2.32 bits per heavy atom. The fourth-order valence-corrected chi connectivity index (χ4v) is 5.68. The lowest BCUT2D eigenvalue weighted by Crippen LogP contribution is -2.53. The summed E-state index contributed by atoms with van der Waals surface area (Å²) in [7, 11) is -2.25. The number of benzene rings is 2. The summed E-state index contributed by atoms with van der Waals surface area (Å²) in [5.74, 6) is -0.0471. The van der Waals surface area contributed by atoms with Crippen molar-refractivity contribution in [3.05, 3.63) is 59.7 Å². The molecule has 0 radical (unpaired) electrons. The molecular weight excluding hydrogens is 490 g/mol. The number of ether oxygens (including phenoxy) is 1. The van der Waals surface area contributed by atoms with Gasteiger partial charge in [0.2, 0.25) is 21.8 Å². The van der Waals surface area contributed by atoms with Gasteiger partial charge in [-0.15, -0.1) is 0 Å². The minimum atomic E-state index is -3.78. The Labute approximate surface area is 221 Å². The molecule has 9 heteroatoms. The minimum absolute atomic E-state index is 0.109. The van der Waals surface area contributed by atoms with E-state index in [4.69, 9.17) is 4.74 Å². The molecule has 1 N–H and O–H groups in total. The van der Waals surface area contributed by atoms with Crippen LogP contribution in [-0.2, 0) is 26.2 Å². The third-order valence-corrected chi connectivity index (χ3v) is 7.95. The van der Waals surface area contributed by atoms with E-state index < -0.39 is 28.5 Å². The second-order valence-electron chi connectivity index (χ2n) is 9.75. The van der Waals surface area contributed by atoms with E-state index >= 15 is 0 Å². The zero-order chi connectivity index (χ0) is 27.0. The van der Waals surface area contributed by atoms with Gasteiger partial charge < -0.3 is 15.0 Å². The van der Waals surface area contributed by atoms with Crippen LogP contribution in [0.5, 0.6) is 5.75 Å². The molecule has 8 nitrogen and oxygen atoms in total. The molecule has 1 atom stereocenters. The molecule has 1 aliphatic carbocycles. The lowest BCUT2D eigenvalue weighted by atomic mass is 9.95. The number of aryl methyl sites for hydroxylation is 1. The van der Waals surface area contributed by atoms with Gasteiger partial charge in [0.05, 0.1) is 19.1 Å². The van der Waals surface area contributed by atoms with E-state index in [0.717, 1.165) is 47.4 Å². The largest absolute Gasteiger partial charge is 0.497 e. The first-order chi connectivity index (χ1) is 17.6. The third-order valence-electron chi connectivity index (χ3n) is 6.81. The fourth-order valence-electron chi connectivity index (χ4n) is 4.83. The van der Waals surface area contributed by atoms with Crippen LogP contribution in [0.1, 0.15) is 56.6 Å². The number of nitrogens with zero attached hydrogens (tertiary/aromatic N) is 2. The van der Waals surface area contributed by atoms with Crippen LogP contribution < -0.4 is 14.4 Å². The molecule has 2 amide bonds. The van der Waals surface area contributed by atoms with Crippen LogP contribution in [0.2, 0.25) is 0 Å². The lowest BCUT2D eigenvalue weighted by molar-refractivity contribution is -0.140. The van der Waals surface area contributed by atoms with Gasteiger partial charge in [0.25, 0.3) is 0 Å². The highest BCUT2D eigenvalue weighted by atomic mass is 32.2. The fraction of sp³-hybridized carbons (Fsp3) is 0.500. The molecule has 37 heavy (non-hydrogen) atoms. The summed E-state index contributed by atoms with van der Waals surface area (Å²) < 4.78 is 31.7. The molecule has 0 spiro atoms. The number of rotatable bonds is 11. The first-order valence-electron chi connectivity index (χ1n) is 12.9. The number of nitrogens with one attached hydrogen (secondary N) is 1. The van der Waals surface area contributed by atoms with Crippen molar-refractivity contribution in [3.63, 3.8) is 0 Å². The van der Waals surface area contributed by atoms with Crippen LogP contribution in [0.15, 0.2) is 48.5 Å². The van der Waals surface area contributed by atoms with Gasteiger partial charge in [0.1, 0.15) is 18.3 Å². The molecule has 0 unspecified atom stereocenters. The maximum Gasteiger partial charge on any atom is 0.244 e. The number of amides is 2. The Kier molecular flexibility index (Phi) is 9.97. The van der Waals surface area contributed by atoms with E-state index in [1.54, 1.807) is 24.3 Å². The van der Waals surface area contributed by atoms with E-state index in [2.05, 4.69) is 5.32 Å². The molecule has 2 aromatic carbocycles. The van der Waals surface area contributed by atoms with Crippen LogP contribution in [0.4, 0.5) is 5.69 Å². The molecule has 1 aliphatic rings. The Morgan fingerprint density at radius 2 is 1.76 bits per heavy atom. The Balaban J connectivity index is 1.90. The SMILES string of the molecule is CC[C@@H](C(=O)NC1CCCCC1)N(Cc1cccc(C)c1)C(=O)CN(c1ccc(OC)cc1)S(C)(=O)=O. The summed E-state index contributed by atoms with van der Waals surface area (Å²) in [6.07, 6.45) is 6.70. The summed E-state index contributed by atoms with van der Waals surface area (Å²) in [5, 5.41) is 3.15. The molecule has 1 saturated carbocycles. The predicted octanol–water partition coefficient (Wildman–Crippen LogP) is 4.03. The van der Waals surface area contributed by atoms with E-state index in [9.17, 15) is 18.0 Å². The molecule has 0 aromatic heterocycles. The Hall–Kier alpha value is -3.07. The minimum Gasteiger partial charge on any atom is -0.497 e. The number of hydrogen-bond acceptors (Lipinski definition) is 5. The maximum absolute atomic E-state index is 13.8. The molecule has 1 fully saturated rings. The number of methoxy groups -OCH3 is 1. The van der Waals surface area contributed by atoms with Crippen LogP contribution in [0.25, 0.3) is 0 Å². The first-order valence-corrected chi connectivity index (χ1v) is 14.7. The summed E-state index contributed by atoms with van der Waals surface area (Å²) in [6.45, 7) is 3.64. The zero-order valence-corrected chi connectivity index (χ0v) is 23.1. The van der Waals surface area contributed by atoms with Crippen molar-refractivity contribution in [1.29, 1.82) is 0 Å².